The van der Waals surface area contributed by atoms with Crippen LogP contribution in [0.2, 0.25) is 0 Å². The van der Waals surface area contributed by atoms with Gasteiger partial charge in [-0.1, -0.05) is 19.1 Å². The zero-order chi connectivity index (χ0) is 21.2. The second-order valence-corrected chi connectivity index (χ2v) is 8.39. The fraction of sp³-hybridized carbons (Fsp3) is 0.696. The Kier molecular flexibility index (Phi) is 11.9. The molecule has 1 aromatic rings. The van der Waals surface area contributed by atoms with Crippen molar-refractivity contribution in [1.29, 1.82) is 0 Å². The van der Waals surface area contributed by atoms with Crippen molar-refractivity contribution in [2.24, 2.45) is 4.99 Å². The van der Waals surface area contributed by atoms with Gasteiger partial charge in [-0.05, 0) is 50.9 Å². The van der Waals surface area contributed by atoms with Crippen LogP contribution >= 0.6 is 24.0 Å². The average Bonchev–Trinajstić information content (AvgIpc) is 2.78. The van der Waals surface area contributed by atoms with E-state index in [1.54, 1.807) is 12.1 Å². The third-order valence-electron chi connectivity index (χ3n) is 6.20. The second-order valence-electron chi connectivity index (χ2n) is 8.39. The normalized spacial score (nSPS) is 19.2. The number of nitrogens with one attached hydrogen (secondary N) is 2. The first-order valence-corrected chi connectivity index (χ1v) is 11.6. The molecule has 0 aliphatic carbocycles. The van der Waals surface area contributed by atoms with Gasteiger partial charge >= 0.3 is 0 Å². The van der Waals surface area contributed by atoms with Gasteiger partial charge in [-0.3, -0.25) is 9.89 Å². The molecule has 0 saturated carbocycles. The molecule has 0 bridgehead atoms. The molecule has 2 heterocycles. The third kappa shape index (κ3) is 8.38. The molecule has 2 aliphatic heterocycles. The quantitative estimate of drug-likeness (QED) is 0.227. The number of halogens is 2. The number of piperidine rings is 1. The predicted molar refractivity (Wildman–Crippen MR) is 139 cm³/mol. The van der Waals surface area contributed by atoms with Gasteiger partial charge < -0.3 is 20.4 Å². The van der Waals surface area contributed by atoms with Crippen molar-refractivity contribution in [3.8, 4) is 0 Å². The van der Waals surface area contributed by atoms with E-state index < -0.39 is 0 Å². The molecule has 31 heavy (non-hydrogen) atoms. The van der Waals surface area contributed by atoms with Crippen LogP contribution in [-0.2, 0) is 0 Å². The summed E-state index contributed by atoms with van der Waals surface area (Å²) < 4.78 is 14.0. The van der Waals surface area contributed by atoms with Gasteiger partial charge in [0, 0.05) is 58.9 Å². The van der Waals surface area contributed by atoms with Crippen LogP contribution in [0, 0.1) is 5.82 Å². The molecule has 6 nitrogen and oxygen atoms in total. The summed E-state index contributed by atoms with van der Waals surface area (Å²) in [5.41, 5.74) is 0.731. The van der Waals surface area contributed by atoms with Crippen LogP contribution in [0.15, 0.2) is 29.3 Å². The number of aliphatic imine (C=N–C) groups is 1. The van der Waals surface area contributed by atoms with E-state index in [9.17, 15) is 4.39 Å². The second kappa shape index (κ2) is 14.1. The molecule has 0 amide bonds. The van der Waals surface area contributed by atoms with E-state index in [2.05, 4.69) is 37.2 Å². The van der Waals surface area contributed by atoms with Crippen LogP contribution in [0.4, 0.5) is 10.1 Å². The van der Waals surface area contributed by atoms with Crippen LogP contribution in [0.25, 0.3) is 0 Å². The fourth-order valence-electron chi connectivity index (χ4n) is 4.44. The van der Waals surface area contributed by atoms with Gasteiger partial charge in [0.25, 0.3) is 0 Å². The summed E-state index contributed by atoms with van der Waals surface area (Å²) in [5.74, 6) is 0.804. The highest BCUT2D eigenvalue weighted by Crippen LogP contribution is 2.20. The first-order chi connectivity index (χ1) is 14.7. The van der Waals surface area contributed by atoms with E-state index in [-0.39, 0.29) is 29.8 Å². The van der Waals surface area contributed by atoms with Crippen LogP contribution < -0.4 is 15.5 Å². The number of nitrogens with zero attached hydrogens (tertiary/aromatic N) is 4. The summed E-state index contributed by atoms with van der Waals surface area (Å²) in [6.07, 6.45) is 4.69. The molecule has 0 spiro atoms. The van der Waals surface area contributed by atoms with Crippen molar-refractivity contribution in [3.63, 3.8) is 0 Å². The molecule has 0 unspecified atom stereocenters. The first-order valence-electron chi connectivity index (χ1n) is 11.6. The van der Waals surface area contributed by atoms with Crippen molar-refractivity contribution in [1.82, 2.24) is 20.4 Å². The van der Waals surface area contributed by atoms with E-state index in [4.69, 9.17) is 0 Å². The molecule has 0 atom stereocenters. The van der Waals surface area contributed by atoms with Crippen LogP contribution in [-0.4, -0.2) is 87.8 Å². The molecule has 0 radical (unpaired) electrons. The number of rotatable bonds is 8. The van der Waals surface area contributed by atoms with E-state index in [1.807, 2.05) is 19.2 Å². The SMILES string of the molecule is CCCN1CCC(NC(=NC)NCCCN2CCN(c3ccccc3F)CC2)CC1.I. The molecule has 176 valence electrons. The minimum atomic E-state index is -0.120. The summed E-state index contributed by atoms with van der Waals surface area (Å²) in [5, 5.41) is 7.07. The smallest absolute Gasteiger partial charge is 0.191 e. The number of piperazine rings is 1. The minimum Gasteiger partial charge on any atom is -0.367 e. The number of likely N-dealkylation sites (tertiary alicyclic amines) is 1. The van der Waals surface area contributed by atoms with Crippen molar-refractivity contribution in [2.45, 2.75) is 38.6 Å². The van der Waals surface area contributed by atoms with Crippen LogP contribution in [0.1, 0.15) is 32.6 Å². The lowest BCUT2D eigenvalue weighted by Gasteiger charge is -2.36. The van der Waals surface area contributed by atoms with Gasteiger partial charge in [-0.15, -0.1) is 24.0 Å². The Bertz CT molecular complexity index is 657. The standard InChI is InChI=1S/C23H39FN6.HI/c1-3-12-28-14-9-20(10-15-28)27-23(25-2)26-11-6-13-29-16-18-30(19-17-29)22-8-5-4-7-21(22)24;/h4-5,7-8,20H,3,6,9-19H2,1-2H3,(H2,25,26,27);1H. The van der Waals surface area contributed by atoms with Crippen LogP contribution in [0.3, 0.4) is 0 Å². The lowest BCUT2D eigenvalue weighted by Crippen LogP contribution is -2.49. The molecule has 2 aliphatic rings. The third-order valence-corrected chi connectivity index (χ3v) is 6.20. The number of hydrogen-bond acceptors (Lipinski definition) is 4. The van der Waals surface area contributed by atoms with Crippen molar-refractivity contribution < 1.29 is 4.39 Å². The van der Waals surface area contributed by atoms with E-state index >= 15 is 0 Å². The number of benzene rings is 1. The number of anilines is 1. The van der Waals surface area contributed by atoms with Crippen molar-refractivity contribution in [3.05, 3.63) is 30.1 Å². The van der Waals surface area contributed by atoms with Gasteiger partial charge in [0.2, 0.25) is 0 Å². The van der Waals surface area contributed by atoms with Crippen molar-refractivity contribution in [2.75, 3.05) is 70.9 Å². The average molecular weight is 547 g/mol. The zero-order valence-electron chi connectivity index (χ0n) is 19.2. The zero-order valence-corrected chi connectivity index (χ0v) is 21.5. The Labute approximate surface area is 204 Å². The summed E-state index contributed by atoms with van der Waals surface area (Å²) in [4.78, 5) is 11.6. The molecule has 2 N–H and O–H groups in total. The molecule has 8 heteroatoms. The topological polar surface area (TPSA) is 46.1 Å². The maximum atomic E-state index is 14.0. The Morgan fingerprint density at radius 3 is 2.35 bits per heavy atom. The lowest BCUT2D eigenvalue weighted by atomic mass is 10.1. The fourth-order valence-corrected chi connectivity index (χ4v) is 4.44. The summed E-state index contributed by atoms with van der Waals surface area (Å²) >= 11 is 0. The maximum absolute atomic E-state index is 14.0. The van der Waals surface area contributed by atoms with Gasteiger partial charge in [0.05, 0.1) is 5.69 Å². The number of hydrogen-bond donors (Lipinski definition) is 2. The lowest BCUT2D eigenvalue weighted by molar-refractivity contribution is 0.206. The predicted octanol–water partition coefficient (Wildman–Crippen LogP) is 3.00. The van der Waals surface area contributed by atoms with E-state index in [0.717, 1.165) is 57.3 Å². The minimum absolute atomic E-state index is 0. The highest BCUT2D eigenvalue weighted by Gasteiger charge is 2.20. The first kappa shape index (κ1) is 26.1. The van der Waals surface area contributed by atoms with E-state index in [0.29, 0.717) is 6.04 Å². The summed E-state index contributed by atoms with van der Waals surface area (Å²) in [6.45, 7) is 11.5. The number of para-hydroxylation sites is 1. The highest BCUT2D eigenvalue weighted by atomic mass is 127. The van der Waals surface area contributed by atoms with Gasteiger partial charge in [-0.2, -0.15) is 0 Å². The maximum Gasteiger partial charge on any atom is 0.191 e. The van der Waals surface area contributed by atoms with Gasteiger partial charge in [0.15, 0.2) is 5.96 Å². The monoisotopic (exact) mass is 546 g/mol. The largest absolute Gasteiger partial charge is 0.367 e. The van der Waals surface area contributed by atoms with Crippen molar-refractivity contribution >= 4 is 35.6 Å². The molecular weight excluding hydrogens is 506 g/mol. The molecule has 3 rings (SSSR count). The summed E-state index contributed by atoms with van der Waals surface area (Å²) in [6, 6.07) is 7.60. The van der Waals surface area contributed by atoms with Gasteiger partial charge in [-0.25, -0.2) is 4.39 Å². The Morgan fingerprint density at radius 1 is 1.03 bits per heavy atom. The molecule has 0 aromatic heterocycles. The molecule has 2 fully saturated rings. The Balaban J connectivity index is 0.00000341. The van der Waals surface area contributed by atoms with Gasteiger partial charge in [0.1, 0.15) is 5.82 Å². The van der Waals surface area contributed by atoms with Crippen LogP contribution in [0.5, 0.6) is 0 Å². The highest BCUT2D eigenvalue weighted by molar-refractivity contribution is 14.0. The molecular formula is C23H40FIN6. The Morgan fingerprint density at radius 2 is 1.71 bits per heavy atom. The molecule has 1 aromatic carbocycles. The molecule has 2 saturated heterocycles. The van der Waals surface area contributed by atoms with E-state index in [1.165, 1.54) is 38.9 Å². The Hall–Kier alpha value is -1.13. The summed E-state index contributed by atoms with van der Waals surface area (Å²) in [7, 11) is 1.85. The number of guanidine groups is 1.